The molecule has 1 aliphatic heterocycles. The highest BCUT2D eigenvalue weighted by atomic mass is 15.1. The number of rotatable bonds is 2. The van der Waals surface area contributed by atoms with Gasteiger partial charge in [0.2, 0.25) is 0 Å². The first-order valence-electron chi connectivity index (χ1n) is 6.16. The van der Waals surface area contributed by atoms with Crippen LogP contribution in [-0.2, 0) is 13.1 Å². The van der Waals surface area contributed by atoms with Gasteiger partial charge in [0, 0.05) is 24.9 Å². The van der Waals surface area contributed by atoms with Gasteiger partial charge in [-0.25, -0.2) is 0 Å². The Morgan fingerprint density at radius 2 is 1.67 bits per heavy atom. The van der Waals surface area contributed by atoms with Gasteiger partial charge in [0.15, 0.2) is 0 Å². The van der Waals surface area contributed by atoms with Crippen molar-refractivity contribution in [2.24, 2.45) is 5.73 Å². The Balaban J connectivity index is 1.84. The van der Waals surface area contributed by atoms with E-state index in [1.54, 1.807) is 0 Å². The molecule has 0 aromatic heterocycles. The maximum atomic E-state index is 6.11. The quantitative estimate of drug-likeness (QED) is 0.868. The SMILES string of the molecule is NC1=CN(Cc2ccccc2)Cc2ccccc21. The van der Waals surface area contributed by atoms with E-state index in [-0.39, 0.29) is 0 Å². The summed E-state index contributed by atoms with van der Waals surface area (Å²) in [6.45, 7) is 1.82. The second kappa shape index (κ2) is 4.57. The lowest BCUT2D eigenvalue weighted by Crippen LogP contribution is -2.23. The minimum atomic E-state index is 0.854. The van der Waals surface area contributed by atoms with Crippen molar-refractivity contribution in [1.82, 2.24) is 4.90 Å². The molecule has 0 radical (unpaired) electrons. The maximum absolute atomic E-state index is 6.11. The summed E-state index contributed by atoms with van der Waals surface area (Å²) in [4.78, 5) is 2.26. The van der Waals surface area contributed by atoms with E-state index in [0.717, 1.165) is 18.8 Å². The summed E-state index contributed by atoms with van der Waals surface area (Å²) in [6, 6.07) is 18.8. The molecule has 0 amide bonds. The zero-order valence-electron chi connectivity index (χ0n) is 10.2. The van der Waals surface area contributed by atoms with Gasteiger partial charge in [0.05, 0.1) is 5.70 Å². The fraction of sp³-hybridized carbons (Fsp3) is 0.125. The molecule has 2 N–H and O–H groups in total. The number of fused-ring (bicyclic) bond motifs is 1. The van der Waals surface area contributed by atoms with Crippen molar-refractivity contribution in [2.45, 2.75) is 13.1 Å². The predicted octanol–water partition coefficient (Wildman–Crippen LogP) is 2.96. The molecular weight excluding hydrogens is 220 g/mol. The average Bonchev–Trinajstić information content (AvgIpc) is 2.40. The number of nitrogens with zero attached hydrogens (tertiary/aromatic N) is 1. The van der Waals surface area contributed by atoms with Gasteiger partial charge in [-0.2, -0.15) is 0 Å². The van der Waals surface area contributed by atoms with Crippen LogP contribution in [0.25, 0.3) is 5.70 Å². The van der Waals surface area contributed by atoms with Crippen molar-refractivity contribution in [3.63, 3.8) is 0 Å². The highest BCUT2D eigenvalue weighted by molar-refractivity contribution is 5.66. The maximum Gasteiger partial charge on any atom is 0.0553 e. The van der Waals surface area contributed by atoms with Crippen LogP contribution in [-0.4, -0.2) is 4.90 Å². The van der Waals surface area contributed by atoms with Crippen LogP contribution in [0.3, 0.4) is 0 Å². The van der Waals surface area contributed by atoms with Crippen LogP contribution < -0.4 is 5.73 Å². The molecule has 0 saturated heterocycles. The monoisotopic (exact) mass is 236 g/mol. The second-order valence-electron chi connectivity index (χ2n) is 4.63. The molecule has 0 fully saturated rings. The van der Waals surface area contributed by atoms with Crippen molar-refractivity contribution in [2.75, 3.05) is 0 Å². The van der Waals surface area contributed by atoms with E-state index in [1.807, 2.05) is 12.1 Å². The van der Waals surface area contributed by atoms with Gasteiger partial charge in [-0.05, 0) is 11.1 Å². The first kappa shape index (κ1) is 10.9. The topological polar surface area (TPSA) is 29.3 Å². The zero-order valence-corrected chi connectivity index (χ0v) is 10.2. The van der Waals surface area contributed by atoms with Gasteiger partial charge in [-0.15, -0.1) is 0 Å². The summed E-state index contributed by atoms with van der Waals surface area (Å²) in [7, 11) is 0. The third-order valence-corrected chi connectivity index (χ3v) is 3.25. The first-order chi connectivity index (χ1) is 8.83. The van der Waals surface area contributed by atoms with Crippen LogP contribution >= 0.6 is 0 Å². The highest BCUT2D eigenvalue weighted by Crippen LogP contribution is 2.24. The van der Waals surface area contributed by atoms with Gasteiger partial charge in [-0.1, -0.05) is 54.6 Å². The molecule has 3 rings (SSSR count). The van der Waals surface area contributed by atoms with Gasteiger partial charge >= 0.3 is 0 Å². The molecule has 1 aliphatic rings. The molecule has 1 heterocycles. The molecule has 2 heteroatoms. The Morgan fingerprint density at radius 1 is 0.944 bits per heavy atom. The summed E-state index contributed by atoms with van der Waals surface area (Å²) >= 11 is 0. The van der Waals surface area contributed by atoms with Crippen LogP contribution in [0, 0.1) is 0 Å². The smallest absolute Gasteiger partial charge is 0.0553 e. The van der Waals surface area contributed by atoms with E-state index in [2.05, 4.69) is 53.6 Å². The minimum absolute atomic E-state index is 0.854. The molecule has 18 heavy (non-hydrogen) atoms. The first-order valence-corrected chi connectivity index (χ1v) is 6.16. The van der Waals surface area contributed by atoms with Crippen molar-refractivity contribution >= 4 is 5.70 Å². The molecule has 0 aliphatic carbocycles. The lowest BCUT2D eigenvalue weighted by Gasteiger charge is -2.27. The Bertz CT molecular complexity index is 573. The highest BCUT2D eigenvalue weighted by Gasteiger charge is 2.14. The Morgan fingerprint density at radius 3 is 2.50 bits per heavy atom. The van der Waals surface area contributed by atoms with E-state index in [1.165, 1.54) is 16.7 Å². The van der Waals surface area contributed by atoms with E-state index in [4.69, 9.17) is 5.73 Å². The number of hydrogen-bond acceptors (Lipinski definition) is 2. The Kier molecular flexibility index (Phi) is 2.77. The largest absolute Gasteiger partial charge is 0.397 e. The minimum Gasteiger partial charge on any atom is -0.397 e. The average molecular weight is 236 g/mol. The molecule has 0 atom stereocenters. The van der Waals surface area contributed by atoms with Crippen molar-refractivity contribution < 1.29 is 0 Å². The van der Waals surface area contributed by atoms with Crippen LogP contribution in [0.15, 0.2) is 60.8 Å². The van der Waals surface area contributed by atoms with E-state index < -0.39 is 0 Å². The summed E-state index contributed by atoms with van der Waals surface area (Å²) < 4.78 is 0. The van der Waals surface area contributed by atoms with Crippen molar-refractivity contribution in [3.05, 3.63) is 77.5 Å². The summed E-state index contributed by atoms with van der Waals surface area (Å²) in [5.41, 5.74) is 10.7. The molecule has 2 aromatic carbocycles. The van der Waals surface area contributed by atoms with Crippen LogP contribution in [0.4, 0.5) is 0 Å². The van der Waals surface area contributed by atoms with Crippen LogP contribution in [0.2, 0.25) is 0 Å². The zero-order chi connectivity index (χ0) is 12.4. The molecular formula is C16H16N2. The lowest BCUT2D eigenvalue weighted by molar-refractivity contribution is 0.357. The number of hydrogen-bond donors (Lipinski definition) is 1. The fourth-order valence-corrected chi connectivity index (χ4v) is 2.39. The fourth-order valence-electron chi connectivity index (χ4n) is 2.39. The van der Waals surface area contributed by atoms with Crippen LogP contribution in [0.5, 0.6) is 0 Å². The Labute approximate surface area is 107 Å². The van der Waals surface area contributed by atoms with Crippen LogP contribution in [0.1, 0.15) is 16.7 Å². The number of benzene rings is 2. The molecule has 0 bridgehead atoms. The predicted molar refractivity (Wildman–Crippen MR) is 74.3 cm³/mol. The molecule has 0 spiro atoms. The van der Waals surface area contributed by atoms with E-state index in [9.17, 15) is 0 Å². The normalized spacial score (nSPS) is 14.0. The van der Waals surface area contributed by atoms with E-state index in [0.29, 0.717) is 0 Å². The molecule has 90 valence electrons. The molecule has 0 saturated carbocycles. The van der Waals surface area contributed by atoms with Crippen molar-refractivity contribution in [1.29, 1.82) is 0 Å². The van der Waals surface area contributed by atoms with Crippen molar-refractivity contribution in [3.8, 4) is 0 Å². The van der Waals surface area contributed by atoms with Gasteiger partial charge in [0.25, 0.3) is 0 Å². The summed E-state index contributed by atoms with van der Waals surface area (Å²) in [6.07, 6.45) is 2.05. The van der Waals surface area contributed by atoms with E-state index >= 15 is 0 Å². The second-order valence-corrected chi connectivity index (χ2v) is 4.63. The van der Waals surface area contributed by atoms with Gasteiger partial charge < -0.3 is 10.6 Å². The summed E-state index contributed by atoms with van der Waals surface area (Å²) in [5.74, 6) is 0. The molecule has 2 nitrogen and oxygen atoms in total. The van der Waals surface area contributed by atoms with Gasteiger partial charge in [-0.3, -0.25) is 0 Å². The third kappa shape index (κ3) is 2.09. The summed E-state index contributed by atoms with van der Waals surface area (Å²) in [5, 5.41) is 0. The molecule has 2 aromatic rings. The third-order valence-electron chi connectivity index (χ3n) is 3.25. The standard InChI is InChI=1S/C16H16N2/c17-16-12-18(10-13-6-2-1-3-7-13)11-14-8-4-5-9-15(14)16/h1-9,12H,10-11,17H2. The lowest BCUT2D eigenvalue weighted by atomic mass is 10.0. The number of nitrogens with two attached hydrogens (primary N) is 1. The van der Waals surface area contributed by atoms with Gasteiger partial charge in [0.1, 0.15) is 0 Å². The Hall–Kier alpha value is -2.22. The molecule has 0 unspecified atom stereocenters.